The normalized spacial score (nSPS) is 11.6. The van der Waals surface area contributed by atoms with E-state index >= 15 is 0 Å². The Balaban J connectivity index is 2.24. The number of carboxylic acids is 1. The van der Waals surface area contributed by atoms with E-state index in [4.69, 9.17) is 5.73 Å². The number of imidazole rings is 1. The van der Waals surface area contributed by atoms with Gasteiger partial charge in [0.1, 0.15) is 0 Å². The van der Waals surface area contributed by atoms with Crippen LogP contribution in [0.25, 0.3) is 22.6 Å². The molecule has 1 aromatic carbocycles. The SMILES string of the molecule is [Li][c]1nc(-c2ccc(F)cc2)c(-c2ccnc(N)n2)n1CC(C)(C)C(=O)O. The maximum absolute atomic E-state index is 13.3. The van der Waals surface area contributed by atoms with Crippen LogP contribution in [0.4, 0.5) is 10.3 Å². The summed E-state index contributed by atoms with van der Waals surface area (Å²) in [5.74, 6) is -1.18. The van der Waals surface area contributed by atoms with E-state index < -0.39 is 11.4 Å². The van der Waals surface area contributed by atoms with Crippen molar-refractivity contribution in [2.45, 2.75) is 20.4 Å². The topological polar surface area (TPSA) is 107 Å². The Labute approximate surface area is 164 Å². The van der Waals surface area contributed by atoms with Gasteiger partial charge in [0.2, 0.25) is 0 Å². The van der Waals surface area contributed by atoms with Gasteiger partial charge in [0.05, 0.1) is 0 Å². The molecule has 3 N–H and O–H groups in total. The van der Waals surface area contributed by atoms with E-state index in [1.807, 2.05) is 0 Å². The van der Waals surface area contributed by atoms with Crippen LogP contribution in [-0.4, -0.2) is 48.3 Å². The van der Waals surface area contributed by atoms with Crippen LogP contribution in [0.5, 0.6) is 0 Å². The number of halogens is 1. The van der Waals surface area contributed by atoms with Gasteiger partial charge in [-0.1, -0.05) is 0 Å². The van der Waals surface area contributed by atoms with Crippen molar-refractivity contribution in [1.82, 2.24) is 19.5 Å². The molecule has 0 aliphatic rings. The Hall–Kier alpha value is -2.69. The number of hydrogen-bond donors (Lipinski definition) is 2. The van der Waals surface area contributed by atoms with Crippen LogP contribution < -0.4 is 10.2 Å². The monoisotopic (exact) mass is 361 g/mol. The number of benzene rings is 1. The quantitative estimate of drug-likeness (QED) is 0.669. The number of anilines is 1. The first-order valence-electron chi connectivity index (χ1n) is 8.34. The molecule has 27 heavy (non-hydrogen) atoms. The zero-order valence-electron chi connectivity index (χ0n) is 15.3. The van der Waals surface area contributed by atoms with E-state index in [2.05, 4.69) is 15.0 Å². The van der Waals surface area contributed by atoms with Crippen molar-refractivity contribution < 1.29 is 14.3 Å². The summed E-state index contributed by atoms with van der Waals surface area (Å²) in [6, 6.07) is 7.63. The molecule has 0 saturated carbocycles. The zero-order valence-corrected chi connectivity index (χ0v) is 15.3. The summed E-state index contributed by atoms with van der Waals surface area (Å²) in [6.45, 7) is 3.47. The van der Waals surface area contributed by atoms with Gasteiger partial charge in [0.15, 0.2) is 0 Å². The van der Waals surface area contributed by atoms with Crippen molar-refractivity contribution in [3.05, 3.63) is 42.3 Å². The van der Waals surface area contributed by atoms with Crippen molar-refractivity contribution in [3.8, 4) is 22.6 Å². The molecule has 3 aromatic rings. The third kappa shape index (κ3) is 3.87. The first-order valence-corrected chi connectivity index (χ1v) is 8.34. The van der Waals surface area contributed by atoms with Gasteiger partial charge in [-0.3, -0.25) is 0 Å². The molecule has 0 spiro atoms. The van der Waals surface area contributed by atoms with Crippen LogP contribution >= 0.6 is 0 Å². The second kappa shape index (κ2) is 7.14. The van der Waals surface area contributed by atoms with Gasteiger partial charge in [-0.05, 0) is 0 Å². The predicted molar refractivity (Wildman–Crippen MR) is 99.9 cm³/mol. The summed E-state index contributed by atoms with van der Waals surface area (Å²) < 4.78 is 15.8. The van der Waals surface area contributed by atoms with E-state index in [1.165, 1.54) is 18.3 Å². The zero-order chi connectivity index (χ0) is 19.8. The standard InChI is InChI=1S/C18H17FN5O2.Li/c1-18(2,16(25)26)9-24-10-22-14(11-3-5-12(19)6-4-11)15(24)13-7-8-21-17(20)23-13;/h3-8H,9H2,1-2H3,(H,25,26)(H2,20,21,23);. The average Bonchev–Trinajstić information content (AvgIpc) is 2.91. The van der Waals surface area contributed by atoms with Crippen LogP contribution in [0.1, 0.15) is 13.8 Å². The molecular weight excluding hydrogens is 344 g/mol. The van der Waals surface area contributed by atoms with Gasteiger partial charge in [0, 0.05) is 0 Å². The van der Waals surface area contributed by atoms with E-state index in [0.29, 0.717) is 27.1 Å². The number of rotatable bonds is 5. The fraction of sp³-hybridized carbons (Fsp3) is 0.222. The molecule has 0 amide bonds. The van der Waals surface area contributed by atoms with Gasteiger partial charge in [-0.2, -0.15) is 0 Å². The molecular formula is C18H17FLiN5O2. The summed E-state index contributed by atoms with van der Waals surface area (Å²) in [6.07, 6.45) is 1.53. The van der Waals surface area contributed by atoms with Gasteiger partial charge in [-0.15, -0.1) is 0 Å². The number of carboxylic acid groups (broad SMARTS) is 1. The third-order valence-electron chi connectivity index (χ3n) is 4.33. The number of aliphatic carboxylic acids is 1. The summed E-state index contributed by atoms with van der Waals surface area (Å²) in [5.41, 5.74) is 7.11. The molecule has 0 aliphatic heterocycles. The minimum atomic E-state index is -1.03. The minimum absolute atomic E-state index is 0.0976. The summed E-state index contributed by atoms with van der Waals surface area (Å²) in [5, 5.41) is 9.53. The molecule has 2 heterocycles. The molecule has 7 nitrogen and oxygen atoms in total. The molecule has 0 aliphatic carbocycles. The first kappa shape index (κ1) is 19.1. The molecule has 0 unspecified atom stereocenters. The van der Waals surface area contributed by atoms with Crippen LogP contribution in [0.2, 0.25) is 0 Å². The van der Waals surface area contributed by atoms with Crippen LogP contribution in [0.15, 0.2) is 36.5 Å². The molecule has 0 radical (unpaired) electrons. The van der Waals surface area contributed by atoms with Crippen LogP contribution in [-0.2, 0) is 11.3 Å². The number of nitrogens with zero attached hydrogens (tertiary/aromatic N) is 4. The molecule has 0 bridgehead atoms. The van der Waals surface area contributed by atoms with Crippen molar-refractivity contribution in [2.24, 2.45) is 5.41 Å². The predicted octanol–water partition coefficient (Wildman–Crippen LogP) is 1.63. The van der Waals surface area contributed by atoms with E-state index in [1.54, 1.807) is 54.3 Å². The Bertz CT molecular complexity index is 1000. The number of nitrogen functional groups attached to an aromatic ring is 1. The van der Waals surface area contributed by atoms with Gasteiger partial charge >= 0.3 is 164 Å². The van der Waals surface area contributed by atoms with Gasteiger partial charge < -0.3 is 0 Å². The van der Waals surface area contributed by atoms with Crippen molar-refractivity contribution >= 4 is 34.1 Å². The van der Waals surface area contributed by atoms with Crippen LogP contribution in [0.3, 0.4) is 0 Å². The number of hydrogen-bond acceptors (Lipinski definition) is 5. The van der Waals surface area contributed by atoms with E-state index in [-0.39, 0.29) is 18.3 Å². The molecule has 134 valence electrons. The third-order valence-corrected chi connectivity index (χ3v) is 4.33. The molecule has 2 aromatic heterocycles. The number of nitrogens with two attached hydrogens (primary N) is 1. The fourth-order valence-corrected chi connectivity index (χ4v) is 2.80. The fourth-order valence-electron chi connectivity index (χ4n) is 2.80. The Morgan fingerprint density at radius 1 is 1.26 bits per heavy atom. The van der Waals surface area contributed by atoms with Crippen LogP contribution in [0, 0.1) is 11.2 Å². The number of aromatic nitrogens is 4. The van der Waals surface area contributed by atoms with E-state index in [0.717, 1.165) is 0 Å². The summed E-state index contributed by atoms with van der Waals surface area (Å²) in [7, 11) is 0. The second-order valence-electron chi connectivity index (χ2n) is 6.94. The second-order valence-corrected chi connectivity index (χ2v) is 6.94. The van der Waals surface area contributed by atoms with E-state index in [9.17, 15) is 14.3 Å². The first-order chi connectivity index (χ1) is 12.7. The van der Waals surface area contributed by atoms with Crippen molar-refractivity contribution in [2.75, 3.05) is 5.73 Å². The molecule has 3 rings (SSSR count). The molecule has 0 atom stereocenters. The van der Waals surface area contributed by atoms with Crippen molar-refractivity contribution in [3.63, 3.8) is 0 Å². The Morgan fingerprint density at radius 2 is 1.93 bits per heavy atom. The summed E-state index contributed by atoms with van der Waals surface area (Å²) in [4.78, 5) is 24.4. The Morgan fingerprint density at radius 3 is 2.52 bits per heavy atom. The molecule has 0 fully saturated rings. The van der Waals surface area contributed by atoms with Crippen molar-refractivity contribution in [1.29, 1.82) is 0 Å². The van der Waals surface area contributed by atoms with Gasteiger partial charge in [-0.25, -0.2) is 0 Å². The Kier molecular flexibility index (Phi) is 5.04. The molecule has 9 heteroatoms. The molecule has 0 saturated heterocycles. The average molecular weight is 361 g/mol. The van der Waals surface area contributed by atoms with Gasteiger partial charge in [0.25, 0.3) is 0 Å². The summed E-state index contributed by atoms with van der Waals surface area (Å²) >= 11 is 1.79. The number of carbonyl (C=O) groups is 1. The maximum atomic E-state index is 13.3.